The molecule has 0 heterocycles. The van der Waals surface area contributed by atoms with Crippen molar-refractivity contribution in [2.24, 2.45) is 5.73 Å². The van der Waals surface area contributed by atoms with E-state index in [-0.39, 0.29) is 35.3 Å². The molecule has 0 aliphatic heterocycles. The number of nitrogens with zero attached hydrogens (tertiary/aromatic N) is 1. The summed E-state index contributed by atoms with van der Waals surface area (Å²) in [7, 11) is 0. The fourth-order valence-electron chi connectivity index (χ4n) is 1.07. The van der Waals surface area contributed by atoms with Crippen LogP contribution in [0.5, 0.6) is 0 Å². The summed E-state index contributed by atoms with van der Waals surface area (Å²) in [6.45, 7) is 0.207. The van der Waals surface area contributed by atoms with E-state index in [1.807, 2.05) is 0 Å². The first-order chi connectivity index (χ1) is 7.54. The van der Waals surface area contributed by atoms with Gasteiger partial charge in [-0.15, -0.1) is 0 Å². The van der Waals surface area contributed by atoms with Crippen LogP contribution in [0, 0.1) is 10.1 Å². The fraction of sp³-hybridized carbons (Fsp3) is 0.222. The van der Waals surface area contributed by atoms with Crippen molar-refractivity contribution >= 4 is 28.9 Å². The van der Waals surface area contributed by atoms with E-state index in [0.717, 1.165) is 0 Å². The Morgan fingerprint density at radius 2 is 2.25 bits per heavy atom. The molecule has 0 aliphatic carbocycles. The maximum absolute atomic E-state index is 11.2. The summed E-state index contributed by atoms with van der Waals surface area (Å²) < 4.78 is 0. The fourth-order valence-corrected chi connectivity index (χ4v) is 1.23. The van der Waals surface area contributed by atoms with Gasteiger partial charge in [0.1, 0.15) is 0 Å². The van der Waals surface area contributed by atoms with Crippen molar-refractivity contribution < 1.29 is 9.72 Å². The third-order valence-corrected chi connectivity index (χ3v) is 2.14. The Hall–Kier alpha value is -1.66. The molecule has 1 aromatic carbocycles. The van der Waals surface area contributed by atoms with Gasteiger partial charge in [0.05, 0.1) is 15.6 Å². The molecule has 1 amide bonds. The van der Waals surface area contributed by atoms with Crippen molar-refractivity contribution in [3.8, 4) is 0 Å². The maximum atomic E-state index is 11.2. The maximum Gasteiger partial charge on any atom is 0.271 e. The Morgan fingerprint density at radius 3 is 2.81 bits per heavy atom. The highest BCUT2D eigenvalue weighted by Gasteiger charge is 2.11. The predicted octanol–water partition coefficient (Wildman–Crippen LogP) is 1.54. The van der Waals surface area contributed by atoms with Crippen molar-refractivity contribution in [1.82, 2.24) is 0 Å². The van der Waals surface area contributed by atoms with E-state index >= 15 is 0 Å². The number of nitro benzene ring substituents is 1. The lowest BCUT2D eigenvalue weighted by molar-refractivity contribution is -0.384. The van der Waals surface area contributed by atoms with Crippen molar-refractivity contribution in [2.75, 3.05) is 11.9 Å². The molecule has 6 nitrogen and oxygen atoms in total. The Morgan fingerprint density at radius 1 is 1.56 bits per heavy atom. The third kappa shape index (κ3) is 3.18. The first-order valence-electron chi connectivity index (χ1n) is 4.48. The Labute approximate surface area is 96.5 Å². The molecule has 1 aromatic rings. The Kier molecular flexibility index (Phi) is 4.21. The average Bonchev–Trinajstić information content (AvgIpc) is 2.21. The van der Waals surface area contributed by atoms with Crippen LogP contribution in [0.25, 0.3) is 0 Å². The van der Waals surface area contributed by atoms with Crippen molar-refractivity contribution in [3.63, 3.8) is 0 Å². The first kappa shape index (κ1) is 12.4. The van der Waals surface area contributed by atoms with Gasteiger partial charge in [0, 0.05) is 25.1 Å². The van der Waals surface area contributed by atoms with E-state index in [1.54, 1.807) is 0 Å². The standard InChI is InChI=1S/C9H10ClN3O3/c10-7-2-1-6(13(15)16)5-8(7)12-9(14)3-4-11/h1-2,5H,3-4,11H2,(H,12,14). The molecule has 0 bridgehead atoms. The summed E-state index contributed by atoms with van der Waals surface area (Å²) in [6, 6.07) is 3.83. The lowest BCUT2D eigenvalue weighted by Gasteiger charge is -2.05. The van der Waals surface area contributed by atoms with Crippen LogP contribution < -0.4 is 11.1 Å². The number of amides is 1. The number of nitrogens with one attached hydrogen (secondary N) is 1. The number of hydrogen-bond donors (Lipinski definition) is 2. The zero-order valence-corrected chi connectivity index (χ0v) is 9.03. The van der Waals surface area contributed by atoms with Crippen LogP contribution in [0.4, 0.5) is 11.4 Å². The Balaban J connectivity index is 2.90. The molecule has 86 valence electrons. The van der Waals surface area contributed by atoms with E-state index in [2.05, 4.69) is 5.32 Å². The lowest BCUT2D eigenvalue weighted by atomic mass is 10.2. The number of carbonyl (C=O) groups is 1. The summed E-state index contributed by atoms with van der Waals surface area (Å²) in [5.41, 5.74) is 5.28. The molecule has 0 radical (unpaired) electrons. The number of nitro groups is 1. The molecule has 7 heteroatoms. The van der Waals surface area contributed by atoms with Gasteiger partial charge in [-0.3, -0.25) is 14.9 Å². The predicted molar refractivity (Wildman–Crippen MR) is 60.4 cm³/mol. The van der Waals surface area contributed by atoms with Crippen LogP contribution >= 0.6 is 11.6 Å². The van der Waals surface area contributed by atoms with Crippen LogP contribution in [-0.4, -0.2) is 17.4 Å². The van der Waals surface area contributed by atoms with Gasteiger partial charge < -0.3 is 11.1 Å². The minimum absolute atomic E-state index is 0.132. The third-order valence-electron chi connectivity index (χ3n) is 1.81. The second-order valence-electron chi connectivity index (χ2n) is 3.01. The minimum Gasteiger partial charge on any atom is -0.330 e. The Bertz CT molecular complexity index is 422. The van der Waals surface area contributed by atoms with E-state index < -0.39 is 4.92 Å². The summed E-state index contributed by atoms with van der Waals surface area (Å²) in [4.78, 5) is 21.2. The number of anilines is 1. The highest BCUT2D eigenvalue weighted by Crippen LogP contribution is 2.26. The van der Waals surface area contributed by atoms with E-state index in [4.69, 9.17) is 17.3 Å². The average molecular weight is 244 g/mol. The summed E-state index contributed by atoms with van der Waals surface area (Å²) >= 11 is 5.78. The van der Waals surface area contributed by atoms with Crippen molar-refractivity contribution in [2.45, 2.75) is 6.42 Å². The molecule has 0 atom stereocenters. The molecule has 0 aliphatic rings. The van der Waals surface area contributed by atoms with Gasteiger partial charge in [0.2, 0.25) is 5.91 Å². The number of nitrogens with two attached hydrogens (primary N) is 1. The molecule has 0 saturated carbocycles. The molecule has 0 saturated heterocycles. The van der Waals surface area contributed by atoms with E-state index in [0.29, 0.717) is 0 Å². The van der Waals surface area contributed by atoms with Gasteiger partial charge in [-0.2, -0.15) is 0 Å². The van der Waals surface area contributed by atoms with Crippen LogP contribution in [0.3, 0.4) is 0 Å². The summed E-state index contributed by atoms with van der Waals surface area (Å²) in [5, 5.41) is 13.2. The normalized spacial score (nSPS) is 9.88. The van der Waals surface area contributed by atoms with Crippen LogP contribution in [-0.2, 0) is 4.79 Å². The smallest absolute Gasteiger partial charge is 0.271 e. The number of rotatable bonds is 4. The van der Waals surface area contributed by atoms with Crippen molar-refractivity contribution in [1.29, 1.82) is 0 Å². The van der Waals surface area contributed by atoms with Crippen LogP contribution in [0.15, 0.2) is 18.2 Å². The lowest BCUT2D eigenvalue weighted by Crippen LogP contribution is -2.16. The van der Waals surface area contributed by atoms with E-state index in [1.165, 1.54) is 18.2 Å². The highest BCUT2D eigenvalue weighted by molar-refractivity contribution is 6.33. The molecule has 0 spiro atoms. The van der Waals surface area contributed by atoms with Crippen LogP contribution in [0.1, 0.15) is 6.42 Å². The van der Waals surface area contributed by atoms with Gasteiger partial charge in [-0.25, -0.2) is 0 Å². The molecule has 1 rings (SSSR count). The minimum atomic E-state index is -0.561. The van der Waals surface area contributed by atoms with Gasteiger partial charge in [-0.1, -0.05) is 11.6 Å². The number of non-ortho nitro benzene ring substituents is 1. The molecule has 0 aromatic heterocycles. The molecule has 0 unspecified atom stereocenters. The number of halogens is 1. The summed E-state index contributed by atoms with van der Waals surface area (Å²) in [5.74, 6) is -0.329. The van der Waals surface area contributed by atoms with Gasteiger partial charge in [-0.05, 0) is 6.07 Å². The number of hydrogen-bond acceptors (Lipinski definition) is 4. The van der Waals surface area contributed by atoms with E-state index in [9.17, 15) is 14.9 Å². The molecular weight excluding hydrogens is 234 g/mol. The van der Waals surface area contributed by atoms with Crippen molar-refractivity contribution in [3.05, 3.63) is 33.3 Å². The molecule has 0 fully saturated rings. The highest BCUT2D eigenvalue weighted by atomic mass is 35.5. The largest absolute Gasteiger partial charge is 0.330 e. The number of benzene rings is 1. The van der Waals surface area contributed by atoms with Gasteiger partial charge in [0.15, 0.2) is 0 Å². The second kappa shape index (κ2) is 5.43. The van der Waals surface area contributed by atoms with Gasteiger partial charge >= 0.3 is 0 Å². The molecular formula is C9H10ClN3O3. The SMILES string of the molecule is NCCC(=O)Nc1cc([N+](=O)[O-])ccc1Cl. The monoisotopic (exact) mass is 243 g/mol. The quantitative estimate of drug-likeness (QED) is 0.619. The van der Waals surface area contributed by atoms with Gasteiger partial charge in [0.25, 0.3) is 5.69 Å². The zero-order chi connectivity index (χ0) is 12.1. The first-order valence-corrected chi connectivity index (χ1v) is 4.86. The zero-order valence-electron chi connectivity index (χ0n) is 8.27. The summed E-state index contributed by atoms with van der Waals surface area (Å²) in [6.07, 6.45) is 0.138. The van der Waals surface area contributed by atoms with Crippen LogP contribution in [0.2, 0.25) is 5.02 Å². The second-order valence-corrected chi connectivity index (χ2v) is 3.42. The topological polar surface area (TPSA) is 98.3 Å². The number of carbonyl (C=O) groups excluding carboxylic acids is 1. The molecule has 3 N–H and O–H groups in total. The molecule has 16 heavy (non-hydrogen) atoms.